The van der Waals surface area contributed by atoms with Crippen LogP contribution in [-0.4, -0.2) is 29.6 Å². The van der Waals surface area contributed by atoms with Crippen LogP contribution < -0.4 is 0 Å². The molecule has 0 aromatic carbocycles. The maximum atomic E-state index is 12.6. The van der Waals surface area contributed by atoms with E-state index in [1.165, 1.54) is 0 Å². The van der Waals surface area contributed by atoms with Crippen molar-refractivity contribution in [1.82, 2.24) is 0 Å². The summed E-state index contributed by atoms with van der Waals surface area (Å²) in [6.45, 7) is 6.03. The molecule has 5 nitrogen and oxygen atoms in total. The summed E-state index contributed by atoms with van der Waals surface area (Å²) in [6, 6.07) is 0. The highest BCUT2D eigenvalue weighted by molar-refractivity contribution is 6.43. The zero-order chi connectivity index (χ0) is 17.2. The van der Waals surface area contributed by atoms with Gasteiger partial charge < -0.3 is 0 Å². The van der Waals surface area contributed by atoms with E-state index >= 15 is 0 Å². The number of rotatable bonds is 9. The summed E-state index contributed by atoms with van der Waals surface area (Å²) in [4.78, 5) is 48.0. The number of carbonyl (C=O) groups excluding carboxylic acids is 3. The van der Waals surface area contributed by atoms with Gasteiger partial charge in [-0.15, -0.1) is 0 Å². The van der Waals surface area contributed by atoms with Crippen molar-refractivity contribution >= 4 is 17.3 Å². The van der Waals surface area contributed by atoms with Crippen LogP contribution in [0.2, 0.25) is 0 Å². The third-order valence-electron chi connectivity index (χ3n) is 4.29. The number of ketones is 3. The smallest absolute Gasteiger partial charge is 0.231 e. The maximum absolute atomic E-state index is 12.6. The van der Waals surface area contributed by atoms with Gasteiger partial charge in [-0.25, -0.2) is 9.78 Å². The SMILES string of the molecule is CCCCC1OOC(CCCC)C(=O)C(CCCC)C(=O)C1=O. The van der Waals surface area contributed by atoms with Crippen molar-refractivity contribution in [3.8, 4) is 0 Å². The molecular weight excluding hydrogens is 296 g/mol. The van der Waals surface area contributed by atoms with E-state index in [0.717, 1.165) is 38.5 Å². The molecule has 0 N–H and O–H groups in total. The second-order valence-electron chi connectivity index (χ2n) is 6.28. The Balaban J connectivity index is 2.93. The minimum atomic E-state index is -0.871. The summed E-state index contributed by atoms with van der Waals surface area (Å²) in [5.41, 5.74) is 0. The summed E-state index contributed by atoms with van der Waals surface area (Å²) in [5.74, 6) is -2.35. The van der Waals surface area contributed by atoms with Crippen LogP contribution in [0.5, 0.6) is 0 Å². The number of unbranched alkanes of at least 4 members (excludes halogenated alkanes) is 3. The zero-order valence-electron chi connectivity index (χ0n) is 14.6. The van der Waals surface area contributed by atoms with Gasteiger partial charge in [-0.3, -0.25) is 14.4 Å². The predicted molar refractivity (Wildman–Crippen MR) is 86.8 cm³/mol. The summed E-state index contributed by atoms with van der Waals surface area (Å²) in [7, 11) is 0. The third kappa shape index (κ3) is 5.81. The molecule has 0 radical (unpaired) electrons. The molecule has 0 spiro atoms. The van der Waals surface area contributed by atoms with Gasteiger partial charge in [0.1, 0.15) is 0 Å². The van der Waals surface area contributed by atoms with E-state index < -0.39 is 29.7 Å². The van der Waals surface area contributed by atoms with Crippen LogP contribution in [0.25, 0.3) is 0 Å². The first-order valence-corrected chi connectivity index (χ1v) is 9.00. The molecule has 0 amide bonds. The summed E-state index contributed by atoms with van der Waals surface area (Å²) < 4.78 is 0. The number of hydrogen-bond donors (Lipinski definition) is 0. The van der Waals surface area contributed by atoms with Crippen LogP contribution in [-0.2, 0) is 24.2 Å². The Morgan fingerprint density at radius 2 is 1.17 bits per heavy atom. The van der Waals surface area contributed by atoms with E-state index in [1.54, 1.807) is 0 Å². The molecule has 0 bridgehead atoms. The minimum Gasteiger partial charge on any atom is -0.296 e. The van der Waals surface area contributed by atoms with Gasteiger partial charge >= 0.3 is 0 Å². The van der Waals surface area contributed by atoms with Gasteiger partial charge in [0, 0.05) is 0 Å². The maximum Gasteiger partial charge on any atom is 0.231 e. The average molecular weight is 326 g/mol. The van der Waals surface area contributed by atoms with Crippen LogP contribution in [0.4, 0.5) is 0 Å². The quantitative estimate of drug-likeness (QED) is 0.368. The summed E-state index contributed by atoms with van der Waals surface area (Å²) >= 11 is 0. The lowest BCUT2D eigenvalue weighted by Gasteiger charge is -2.27. The van der Waals surface area contributed by atoms with Crippen molar-refractivity contribution in [2.45, 2.75) is 90.8 Å². The standard InChI is InChI=1S/C18H30O5/c1-4-7-10-13-16(19)14(11-8-5-2)22-23-15(12-9-6-3)18(21)17(13)20/h13-15H,4-12H2,1-3H3. The number of hydrogen-bond acceptors (Lipinski definition) is 5. The minimum absolute atomic E-state index is 0.292. The van der Waals surface area contributed by atoms with E-state index in [4.69, 9.17) is 9.78 Å². The fourth-order valence-electron chi connectivity index (χ4n) is 2.74. The van der Waals surface area contributed by atoms with Crippen LogP contribution in [0, 0.1) is 5.92 Å². The van der Waals surface area contributed by atoms with Gasteiger partial charge in [0.15, 0.2) is 18.0 Å². The summed E-state index contributed by atoms with van der Waals surface area (Å²) in [6.07, 6.45) is 4.85. The van der Waals surface area contributed by atoms with E-state index in [-0.39, 0.29) is 5.78 Å². The Morgan fingerprint density at radius 1 is 0.696 bits per heavy atom. The molecule has 1 fully saturated rings. The zero-order valence-corrected chi connectivity index (χ0v) is 14.6. The lowest BCUT2D eigenvalue weighted by molar-refractivity contribution is -0.338. The molecule has 3 atom stereocenters. The second-order valence-corrected chi connectivity index (χ2v) is 6.28. The van der Waals surface area contributed by atoms with Gasteiger partial charge in [0.05, 0.1) is 5.92 Å². The molecule has 5 heteroatoms. The first-order chi connectivity index (χ1) is 11.1. The summed E-state index contributed by atoms with van der Waals surface area (Å²) in [5, 5.41) is 0. The molecule has 132 valence electrons. The topological polar surface area (TPSA) is 69.7 Å². The van der Waals surface area contributed by atoms with Gasteiger partial charge in [-0.2, -0.15) is 0 Å². The molecule has 0 aromatic heterocycles. The van der Waals surface area contributed by atoms with Crippen molar-refractivity contribution in [2.75, 3.05) is 0 Å². The second kappa shape index (κ2) is 10.7. The fourth-order valence-corrected chi connectivity index (χ4v) is 2.74. The largest absolute Gasteiger partial charge is 0.296 e. The van der Waals surface area contributed by atoms with E-state index in [2.05, 4.69) is 0 Å². The Labute approximate surface area is 139 Å². The fraction of sp³-hybridized carbons (Fsp3) is 0.833. The molecule has 1 rings (SSSR count). The normalized spacial score (nSPS) is 26.2. The van der Waals surface area contributed by atoms with Crippen LogP contribution >= 0.6 is 0 Å². The molecule has 1 aliphatic rings. The van der Waals surface area contributed by atoms with Crippen LogP contribution in [0.3, 0.4) is 0 Å². The molecule has 23 heavy (non-hydrogen) atoms. The van der Waals surface area contributed by atoms with Gasteiger partial charge in [-0.1, -0.05) is 59.3 Å². The Hall–Kier alpha value is -1.07. The van der Waals surface area contributed by atoms with Crippen molar-refractivity contribution in [1.29, 1.82) is 0 Å². The van der Waals surface area contributed by atoms with Crippen molar-refractivity contribution < 1.29 is 24.2 Å². The van der Waals surface area contributed by atoms with Crippen LogP contribution in [0.1, 0.15) is 78.6 Å². The highest BCUT2D eigenvalue weighted by Gasteiger charge is 2.41. The predicted octanol–water partition coefficient (Wildman–Crippen LogP) is 3.58. The highest BCUT2D eigenvalue weighted by Crippen LogP contribution is 2.24. The number of Topliss-reactive ketones (excluding diaryl/α,β-unsaturated/α-hetero) is 3. The monoisotopic (exact) mass is 326 g/mol. The Morgan fingerprint density at radius 3 is 1.74 bits per heavy atom. The van der Waals surface area contributed by atoms with E-state index in [0.29, 0.717) is 19.3 Å². The molecular formula is C18H30O5. The van der Waals surface area contributed by atoms with Crippen molar-refractivity contribution in [3.63, 3.8) is 0 Å². The highest BCUT2D eigenvalue weighted by atomic mass is 17.2. The van der Waals surface area contributed by atoms with Gasteiger partial charge in [0.2, 0.25) is 11.6 Å². The molecule has 3 unspecified atom stereocenters. The molecule has 1 heterocycles. The Bertz CT molecular complexity index is 404. The lowest BCUT2D eigenvalue weighted by atomic mass is 9.85. The first kappa shape index (κ1) is 20.0. The third-order valence-corrected chi connectivity index (χ3v) is 4.29. The molecule has 1 aliphatic heterocycles. The molecule has 0 aliphatic carbocycles. The van der Waals surface area contributed by atoms with E-state index in [9.17, 15) is 14.4 Å². The molecule has 1 saturated heterocycles. The van der Waals surface area contributed by atoms with Crippen molar-refractivity contribution in [2.24, 2.45) is 5.92 Å². The van der Waals surface area contributed by atoms with E-state index in [1.807, 2.05) is 20.8 Å². The molecule has 0 saturated carbocycles. The first-order valence-electron chi connectivity index (χ1n) is 9.00. The molecule has 0 aromatic rings. The van der Waals surface area contributed by atoms with Gasteiger partial charge in [0.25, 0.3) is 0 Å². The van der Waals surface area contributed by atoms with Crippen molar-refractivity contribution in [3.05, 3.63) is 0 Å². The van der Waals surface area contributed by atoms with Gasteiger partial charge in [-0.05, 0) is 19.3 Å². The Kier molecular flexibility index (Phi) is 9.26. The van der Waals surface area contributed by atoms with Crippen LogP contribution in [0.15, 0.2) is 0 Å². The number of carbonyl (C=O) groups is 3. The lowest BCUT2D eigenvalue weighted by Crippen LogP contribution is -2.46. The average Bonchev–Trinajstić information content (AvgIpc) is 2.55.